The second-order valence-electron chi connectivity index (χ2n) is 8.57. The van der Waals surface area contributed by atoms with Gasteiger partial charge in [-0.1, -0.05) is 6.07 Å². The van der Waals surface area contributed by atoms with Crippen LogP contribution in [0.4, 0.5) is 24.5 Å². The first-order valence-corrected chi connectivity index (χ1v) is 9.98. The molecular formula is C22H25F3N4O3. The minimum atomic E-state index is -4.66. The van der Waals surface area contributed by atoms with Crippen LogP contribution >= 0.6 is 0 Å². The van der Waals surface area contributed by atoms with Crippen molar-refractivity contribution < 1.29 is 27.9 Å². The molecule has 10 heteroatoms. The summed E-state index contributed by atoms with van der Waals surface area (Å²) in [5, 5.41) is 12.6. The first-order chi connectivity index (χ1) is 14.8. The number of benzene rings is 1. The Bertz CT molecular complexity index is 1050. The Balaban J connectivity index is 1.88. The maximum absolute atomic E-state index is 12.9. The number of carbonyl (C=O) groups is 2. The average molecular weight is 450 g/mol. The summed E-state index contributed by atoms with van der Waals surface area (Å²) >= 11 is 0. The van der Waals surface area contributed by atoms with Crippen molar-refractivity contribution >= 4 is 23.2 Å². The molecular weight excluding hydrogens is 425 g/mol. The largest absolute Gasteiger partial charge is 0.433 e. The van der Waals surface area contributed by atoms with Crippen LogP contribution in [0.1, 0.15) is 52.4 Å². The molecule has 0 saturated heterocycles. The number of aliphatic hydroxyl groups is 1. The predicted molar refractivity (Wildman–Crippen MR) is 114 cm³/mol. The van der Waals surface area contributed by atoms with Gasteiger partial charge in [0.1, 0.15) is 11.4 Å². The summed E-state index contributed by atoms with van der Waals surface area (Å²) in [5.41, 5.74) is -0.381. The number of halogens is 3. The third-order valence-corrected chi connectivity index (χ3v) is 5.10. The average Bonchev–Trinajstić information content (AvgIpc) is 2.99. The fraction of sp³-hybridized carbons (Fsp3) is 0.409. The van der Waals surface area contributed by atoms with Gasteiger partial charge < -0.3 is 20.2 Å². The van der Waals surface area contributed by atoms with Crippen molar-refractivity contribution in [2.45, 2.75) is 38.6 Å². The van der Waals surface area contributed by atoms with Gasteiger partial charge in [0.05, 0.1) is 17.0 Å². The number of fused-ring (bicyclic) bond motifs is 1. The Labute approximate surface area is 183 Å². The van der Waals surface area contributed by atoms with Crippen molar-refractivity contribution in [3.63, 3.8) is 0 Å². The number of rotatable bonds is 6. The highest BCUT2D eigenvalue weighted by atomic mass is 19.4. The number of nitrogens with one attached hydrogen (secondary N) is 1. The van der Waals surface area contributed by atoms with Crippen molar-refractivity contribution in [1.29, 1.82) is 0 Å². The number of alkyl halides is 3. The molecule has 0 unspecified atom stereocenters. The number of nitrogens with zero attached hydrogens (tertiary/aromatic N) is 3. The predicted octanol–water partition coefficient (Wildman–Crippen LogP) is 3.54. The van der Waals surface area contributed by atoms with Crippen LogP contribution in [-0.2, 0) is 12.7 Å². The standard InChI is InChI=1S/C22H25F3N4O3/c1-21(2,32)8-9-29-12-13-10-16(17(28(3)4)11-14(13)20(29)31)27-19(30)15-6-5-7-18(26-15)22(23,24)25/h5-7,10-11,32H,8-9,12H2,1-4H3,(H,27,30). The summed E-state index contributed by atoms with van der Waals surface area (Å²) in [6, 6.07) is 6.43. The van der Waals surface area contributed by atoms with Gasteiger partial charge in [0.2, 0.25) is 0 Å². The van der Waals surface area contributed by atoms with Gasteiger partial charge in [-0.25, -0.2) is 4.98 Å². The minimum Gasteiger partial charge on any atom is -0.390 e. The molecule has 0 bridgehead atoms. The molecule has 3 rings (SSSR count). The number of hydrogen-bond donors (Lipinski definition) is 2. The normalized spacial score (nSPS) is 13.9. The summed E-state index contributed by atoms with van der Waals surface area (Å²) in [5.74, 6) is -0.966. The van der Waals surface area contributed by atoms with Gasteiger partial charge in [-0.15, -0.1) is 0 Å². The number of carbonyl (C=O) groups excluding carboxylic acids is 2. The van der Waals surface area contributed by atoms with Gasteiger partial charge in [0, 0.05) is 32.7 Å². The van der Waals surface area contributed by atoms with E-state index in [1.165, 1.54) is 6.07 Å². The van der Waals surface area contributed by atoms with Crippen molar-refractivity contribution in [3.8, 4) is 0 Å². The van der Waals surface area contributed by atoms with Gasteiger partial charge in [0.15, 0.2) is 0 Å². The Kier molecular flexibility index (Phi) is 6.19. The third kappa shape index (κ3) is 5.18. The summed E-state index contributed by atoms with van der Waals surface area (Å²) in [7, 11) is 3.46. The molecule has 1 aromatic carbocycles. The van der Waals surface area contributed by atoms with Gasteiger partial charge in [-0.3, -0.25) is 9.59 Å². The maximum Gasteiger partial charge on any atom is 0.433 e. The van der Waals surface area contributed by atoms with Crippen LogP contribution in [0.15, 0.2) is 30.3 Å². The van der Waals surface area contributed by atoms with Crippen LogP contribution in [-0.4, -0.2) is 53.0 Å². The highest BCUT2D eigenvalue weighted by Gasteiger charge is 2.33. The van der Waals surface area contributed by atoms with Gasteiger partial charge in [-0.2, -0.15) is 13.2 Å². The second kappa shape index (κ2) is 8.42. The smallest absolute Gasteiger partial charge is 0.390 e. The molecule has 32 heavy (non-hydrogen) atoms. The van der Waals surface area contributed by atoms with Crippen molar-refractivity contribution in [1.82, 2.24) is 9.88 Å². The summed E-state index contributed by atoms with van der Waals surface area (Å²) in [6.07, 6.45) is -4.26. The van der Waals surface area contributed by atoms with Crippen molar-refractivity contribution in [2.75, 3.05) is 30.9 Å². The SMILES string of the molecule is CN(C)c1cc2c(cc1NC(=O)c1cccc(C(F)(F)F)n1)CN(CCC(C)(C)O)C2=O. The molecule has 0 saturated carbocycles. The molecule has 0 aliphatic carbocycles. The van der Waals surface area contributed by atoms with E-state index in [9.17, 15) is 27.9 Å². The number of amides is 2. The second-order valence-corrected chi connectivity index (χ2v) is 8.57. The Morgan fingerprint density at radius 2 is 1.94 bits per heavy atom. The van der Waals surface area contributed by atoms with E-state index in [2.05, 4.69) is 10.3 Å². The highest BCUT2D eigenvalue weighted by molar-refractivity contribution is 6.06. The van der Waals surface area contributed by atoms with E-state index in [1.807, 2.05) is 0 Å². The van der Waals surface area contributed by atoms with E-state index in [4.69, 9.17) is 0 Å². The summed E-state index contributed by atoms with van der Waals surface area (Å²) < 4.78 is 38.8. The van der Waals surface area contributed by atoms with E-state index < -0.39 is 23.4 Å². The number of pyridine rings is 1. The molecule has 2 amide bonds. The van der Waals surface area contributed by atoms with Gasteiger partial charge in [-0.05, 0) is 50.1 Å². The van der Waals surface area contributed by atoms with Crippen molar-refractivity contribution in [2.24, 2.45) is 0 Å². The molecule has 1 aliphatic heterocycles. The topological polar surface area (TPSA) is 85.8 Å². The van der Waals surface area contributed by atoms with E-state index in [0.717, 1.165) is 12.1 Å². The highest BCUT2D eigenvalue weighted by Crippen LogP contribution is 2.34. The fourth-order valence-corrected chi connectivity index (χ4v) is 3.38. The van der Waals surface area contributed by atoms with Crippen LogP contribution in [0.25, 0.3) is 0 Å². The number of aromatic nitrogens is 1. The monoisotopic (exact) mass is 450 g/mol. The molecule has 0 radical (unpaired) electrons. The molecule has 0 atom stereocenters. The first-order valence-electron chi connectivity index (χ1n) is 9.98. The van der Waals surface area contributed by atoms with Crippen LogP contribution in [0.3, 0.4) is 0 Å². The summed E-state index contributed by atoms with van der Waals surface area (Å²) in [6.45, 7) is 4.01. The molecule has 0 fully saturated rings. The molecule has 1 aliphatic rings. The lowest BCUT2D eigenvalue weighted by Gasteiger charge is -2.22. The zero-order valence-electron chi connectivity index (χ0n) is 18.2. The number of hydrogen-bond acceptors (Lipinski definition) is 5. The van der Waals surface area contributed by atoms with E-state index in [-0.39, 0.29) is 11.6 Å². The quantitative estimate of drug-likeness (QED) is 0.703. The van der Waals surface area contributed by atoms with E-state index >= 15 is 0 Å². The molecule has 0 spiro atoms. The summed E-state index contributed by atoms with van der Waals surface area (Å²) in [4.78, 5) is 32.2. The number of anilines is 2. The third-order valence-electron chi connectivity index (χ3n) is 5.10. The fourth-order valence-electron chi connectivity index (χ4n) is 3.38. The van der Waals surface area contributed by atoms with Gasteiger partial charge >= 0.3 is 6.18 Å². The lowest BCUT2D eigenvalue weighted by molar-refractivity contribution is -0.141. The Hall–Kier alpha value is -3.14. The molecule has 2 N–H and O–H groups in total. The molecule has 2 heterocycles. The van der Waals surface area contributed by atoms with E-state index in [1.54, 1.807) is 49.9 Å². The van der Waals surface area contributed by atoms with Crippen molar-refractivity contribution in [3.05, 3.63) is 52.8 Å². The lowest BCUT2D eigenvalue weighted by Crippen LogP contribution is -2.31. The van der Waals surface area contributed by atoms with E-state index in [0.29, 0.717) is 42.0 Å². The molecule has 2 aromatic rings. The van der Waals surface area contributed by atoms with Crippen LogP contribution < -0.4 is 10.2 Å². The van der Waals surface area contributed by atoms with Crippen LogP contribution in [0.2, 0.25) is 0 Å². The van der Waals surface area contributed by atoms with Crippen LogP contribution in [0.5, 0.6) is 0 Å². The zero-order valence-corrected chi connectivity index (χ0v) is 18.2. The minimum absolute atomic E-state index is 0.176. The molecule has 7 nitrogen and oxygen atoms in total. The van der Waals surface area contributed by atoms with Gasteiger partial charge in [0.25, 0.3) is 11.8 Å². The Morgan fingerprint density at radius 1 is 1.25 bits per heavy atom. The lowest BCUT2D eigenvalue weighted by atomic mass is 10.1. The molecule has 1 aromatic heterocycles. The van der Waals surface area contributed by atoms with Crippen LogP contribution in [0, 0.1) is 0 Å². The first kappa shape index (κ1) is 23.5. The molecule has 172 valence electrons. The zero-order chi connectivity index (χ0) is 23.8. The maximum atomic E-state index is 12.9. The Morgan fingerprint density at radius 3 is 2.53 bits per heavy atom.